The van der Waals surface area contributed by atoms with Gasteiger partial charge in [0.05, 0.1) is 0 Å². The zero-order valence-electron chi connectivity index (χ0n) is 17.1. The normalized spacial score (nSPS) is 30.5. The van der Waals surface area contributed by atoms with E-state index in [0.29, 0.717) is 6.42 Å². The fraction of sp³-hybridized carbons (Fsp3) is 0.810. The molecule has 1 aliphatic heterocycles. The Kier molecular flexibility index (Phi) is 6.89. The highest BCUT2D eigenvalue weighted by molar-refractivity contribution is 5.92. The summed E-state index contributed by atoms with van der Waals surface area (Å²) in [5, 5.41) is 6.24. The number of carbonyl (C=O) groups is 2. The lowest BCUT2D eigenvalue weighted by atomic mass is 9.67. The number of nitrogens with one attached hydrogen (secondary N) is 2. The van der Waals surface area contributed by atoms with Crippen LogP contribution in [0.2, 0.25) is 0 Å². The minimum atomic E-state index is -0.854. The summed E-state index contributed by atoms with van der Waals surface area (Å²) in [4.78, 5) is 28.0. The number of hydrogen-bond donors (Lipinski definition) is 2. The predicted octanol–water partition coefficient (Wildman–Crippen LogP) is 2.86. The number of amides is 2. The summed E-state index contributed by atoms with van der Waals surface area (Å²) in [7, 11) is 0. The average molecular weight is 364 g/mol. The van der Waals surface area contributed by atoms with Crippen LogP contribution in [-0.4, -0.2) is 47.4 Å². The van der Waals surface area contributed by atoms with Crippen LogP contribution in [0.15, 0.2) is 12.7 Å². The molecule has 2 N–H and O–H groups in total. The maximum atomic E-state index is 13.4. The van der Waals surface area contributed by atoms with Gasteiger partial charge in [-0.25, -0.2) is 0 Å². The average Bonchev–Trinajstić information content (AvgIpc) is 2.55. The molecule has 1 saturated heterocycles. The van der Waals surface area contributed by atoms with Gasteiger partial charge in [0, 0.05) is 24.9 Å². The number of piperidine rings is 1. The number of likely N-dealkylation sites (tertiary alicyclic amines) is 1. The highest BCUT2D eigenvalue weighted by Gasteiger charge is 2.50. The Bertz CT molecular complexity index is 520. The largest absolute Gasteiger partial charge is 0.349 e. The third kappa shape index (κ3) is 5.32. The molecule has 0 radical (unpaired) electrons. The van der Waals surface area contributed by atoms with Crippen LogP contribution in [0.1, 0.15) is 66.2 Å². The van der Waals surface area contributed by atoms with Crippen LogP contribution in [0.3, 0.4) is 0 Å². The monoisotopic (exact) mass is 363 g/mol. The van der Waals surface area contributed by atoms with Crippen molar-refractivity contribution in [2.75, 3.05) is 19.6 Å². The molecule has 0 unspecified atom stereocenters. The third-order valence-electron chi connectivity index (χ3n) is 5.72. The number of allylic oxidation sites excluding steroid dienone is 1. The van der Waals surface area contributed by atoms with E-state index in [1.807, 2.05) is 26.8 Å². The first-order valence-corrected chi connectivity index (χ1v) is 10.1. The van der Waals surface area contributed by atoms with Gasteiger partial charge in [0.1, 0.15) is 5.54 Å². The van der Waals surface area contributed by atoms with Crippen LogP contribution in [-0.2, 0) is 9.59 Å². The summed E-state index contributed by atoms with van der Waals surface area (Å²) in [6, 6.07) is 0. The van der Waals surface area contributed by atoms with E-state index in [1.54, 1.807) is 0 Å². The van der Waals surface area contributed by atoms with E-state index in [9.17, 15) is 9.59 Å². The van der Waals surface area contributed by atoms with Gasteiger partial charge in [-0.2, -0.15) is 0 Å². The maximum absolute atomic E-state index is 13.4. The van der Waals surface area contributed by atoms with E-state index in [0.717, 1.165) is 32.5 Å². The van der Waals surface area contributed by atoms with E-state index in [1.165, 1.54) is 26.2 Å². The third-order valence-corrected chi connectivity index (χ3v) is 5.72. The van der Waals surface area contributed by atoms with Gasteiger partial charge in [0.25, 0.3) is 0 Å². The molecule has 26 heavy (non-hydrogen) atoms. The molecule has 0 aromatic carbocycles. The Balaban J connectivity index is 2.31. The molecule has 2 amide bonds. The van der Waals surface area contributed by atoms with Gasteiger partial charge < -0.3 is 15.5 Å². The van der Waals surface area contributed by atoms with E-state index in [-0.39, 0.29) is 29.2 Å². The smallest absolute Gasteiger partial charge is 0.246 e. The first-order chi connectivity index (χ1) is 12.2. The summed E-state index contributed by atoms with van der Waals surface area (Å²) >= 11 is 0. The summed E-state index contributed by atoms with van der Waals surface area (Å²) < 4.78 is 0. The molecule has 1 heterocycles. The Labute approximate surface area is 159 Å². The highest BCUT2D eigenvalue weighted by Crippen LogP contribution is 2.39. The molecule has 0 spiro atoms. The standard InChI is InChI=1S/C21H37N3O2/c1-6-17-10-11-18(15-24-12-8-7-9-13-24)21(14-17,22-16(2)25)19(26)23-20(3,4)5/h6,17-18H,1,7-15H2,2-5H3,(H,22,25)(H,23,26)/t17-,18+,21-/m1/s1. The molecule has 2 rings (SSSR count). The Morgan fingerprint density at radius 3 is 2.38 bits per heavy atom. The summed E-state index contributed by atoms with van der Waals surface area (Å²) in [6.45, 7) is 14.5. The van der Waals surface area contributed by atoms with E-state index < -0.39 is 5.54 Å². The Morgan fingerprint density at radius 2 is 1.85 bits per heavy atom. The van der Waals surface area contributed by atoms with Crippen molar-refractivity contribution in [2.45, 2.75) is 77.3 Å². The number of carbonyl (C=O) groups excluding carboxylic acids is 2. The maximum Gasteiger partial charge on any atom is 0.246 e. The molecule has 1 saturated carbocycles. The van der Waals surface area contributed by atoms with Crippen LogP contribution in [0.5, 0.6) is 0 Å². The lowest BCUT2D eigenvalue weighted by molar-refractivity contribution is -0.139. The van der Waals surface area contributed by atoms with Crippen molar-refractivity contribution in [2.24, 2.45) is 11.8 Å². The molecule has 2 aliphatic rings. The minimum Gasteiger partial charge on any atom is -0.349 e. The topological polar surface area (TPSA) is 61.4 Å². The fourth-order valence-electron chi connectivity index (χ4n) is 4.50. The molecule has 3 atom stereocenters. The molecule has 0 aromatic rings. The second-order valence-electron chi connectivity index (χ2n) is 9.19. The Morgan fingerprint density at radius 1 is 1.19 bits per heavy atom. The quantitative estimate of drug-likeness (QED) is 0.739. The molecule has 148 valence electrons. The molecule has 1 aliphatic carbocycles. The van der Waals surface area contributed by atoms with Crippen molar-refractivity contribution in [3.05, 3.63) is 12.7 Å². The van der Waals surface area contributed by atoms with Crippen molar-refractivity contribution in [3.8, 4) is 0 Å². The lowest BCUT2D eigenvalue weighted by Gasteiger charge is -2.48. The fourth-order valence-corrected chi connectivity index (χ4v) is 4.50. The van der Waals surface area contributed by atoms with Crippen molar-refractivity contribution < 1.29 is 9.59 Å². The van der Waals surface area contributed by atoms with Gasteiger partial charge in [-0.15, -0.1) is 6.58 Å². The van der Waals surface area contributed by atoms with Crippen LogP contribution in [0.25, 0.3) is 0 Å². The first-order valence-electron chi connectivity index (χ1n) is 10.1. The van der Waals surface area contributed by atoms with E-state index >= 15 is 0 Å². The molecular formula is C21H37N3O2. The van der Waals surface area contributed by atoms with Gasteiger partial charge in [-0.1, -0.05) is 12.5 Å². The van der Waals surface area contributed by atoms with Crippen LogP contribution >= 0.6 is 0 Å². The number of hydrogen-bond acceptors (Lipinski definition) is 3. The van der Waals surface area contributed by atoms with Gasteiger partial charge in [0.15, 0.2) is 0 Å². The second-order valence-corrected chi connectivity index (χ2v) is 9.19. The zero-order chi connectivity index (χ0) is 19.4. The Hall–Kier alpha value is -1.36. The van der Waals surface area contributed by atoms with Crippen LogP contribution < -0.4 is 10.6 Å². The molecule has 5 nitrogen and oxygen atoms in total. The molecule has 0 aromatic heterocycles. The minimum absolute atomic E-state index is 0.0474. The van der Waals surface area contributed by atoms with Gasteiger partial charge in [-0.05, 0) is 71.9 Å². The summed E-state index contributed by atoms with van der Waals surface area (Å²) in [6.07, 6.45) is 8.29. The summed E-state index contributed by atoms with van der Waals surface area (Å²) in [5.41, 5.74) is -1.19. The van der Waals surface area contributed by atoms with Crippen molar-refractivity contribution in [1.29, 1.82) is 0 Å². The molecular weight excluding hydrogens is 326 g/mol. The van der Waals surface area contributed by atoms with Gasteiger partial charge >= 0.3 is 0 Å². The lowest BCUT2D eigenvalue weighted by Crippen LogP contribution is -2.68. The van der Waals surface area contributed by atoms with E-state index in [2.05, 4.69) is 22.1 Å². The van der Waals surface area contributed by atoms with Crippen molar-refractivity contribution in [3.63, 3.8) is 0 Å². The first kappa shape index (κ1) is 20.9. The van der Waals surface area contributed by atoms with Gasteiger partial charge in [-0.3, -0.25) is 9.59 Å². The number of rotatable bonds is 5. The molecule has 5 heteroatoms. The second kappa shape index (κ2) is 8.55. The summed E-state index contributed by atoms with van der Waals surface area (Å²) in [5.74, 6) is 0.199. The molecule has 0 bridgehead atoms. The van der Waals surface area contributed by atoms with Crippen molar-refractivity contribution in [1.82, 2.24) is 15.5 Å². The number of nitrogens with zero attached hydrogens (tertiary/aromatic N) is 1. The van der Waals surface area contributed by atoms with Crippen molar-refractivity contribution >= 4 is 11.8 Å². The zero-order valence-corrected chi connectivity index (χ0v) is 17.1. The van der Waals surface area contributed by atoms with E-state index in [4.69, 9.17) is 0 Å². The van der Waals surface area contributed by atoms with Gasteiger partial charge in [0.2, 0.25) is 11.8 Å². The van der Waals surface area contributed by atoms with Crippen LogP contribution in [0, 0.1) is 11.8 Å². The molecule has 2 fully saturated rings. The van der Waals surface area contributed by atoms with Crippen LogP contribution in [0.4, 0.5) is 0 Å². The highest BCUT2D eigenvalue weighted by atomic mass is 16.2. The SMILES string of the molecule is C=C[C@@H]1CC[C@@H](CN2CCCCC2)[C@@](NC(C)=O)(C(=O)NC(C)(C)C)C1. The predicted molar refractivity (Wildman–Crippen MR) is 106 cm³/mol.